The Kier molecular flexibility index (Phi) is 3.71. The molecule has 1 rings (SSSR count). The minimum absolute atomic E-state index is 0.177. The van der Waals surface area contributed by atoms with Crippen molar-refractivity contribution in [3.63, 3.8) is 0 Å². The molecule has 1 aromatic heterocycles. The largest absolute Gasteiger partial charge is 0.481 e. The second kappa shape index (κ2) is 4.83. The summed E-state index contributed by atoms with van der Waals surface area (Å²) < 4.78 is 0. The van der Waals surface area contributed by atoms with E-state index in [9.17, 15) is 9.59 Å². The van der Waals surface area contributed by atoms with Crippen molar-refractivity contribution in [3.05, 3.63) is 24.0 Å². The SMILES string of the molecule is CC(C)(CC(=O)O)C(=O)NCc1ccc[nH]1. The monoisotopic (exact) mass is 224 g/mol. The molecule has 0 aliphatic carbocycles. The smallest absolute Gasteiger partial charge is 0.304 e. The third-order valence-electron chi connectivity index (χ3n) is 2.31. The highest BCUT2D eigenvalue weighted by molar-refractivity contribution is 5.86. The van der Waals surface area contributed by atoms with E-state index in [1.165, 1.54) is 0 Å². The third-order valence-corrected chi connectivity index (χ3v) is 2.31. The highest BCUT2D eigenvalue weighted by Crippen LogP contribution is 2.20. The van der Waals surface area contributed by atoms with E-state index < -0.39 is 11.4 Å². The third kappa shape index (κ3) is 3.42. The molecule has 0 aromatic carbocycles. The van der Waals surface area contributed by atoms with Crippen LogP contribution in [0, 0.1) is 5.41 Å². The van der Waals surface area contributed by atoms with Gasteiger partial charge in [-0.05, 0) is 12.1 Å². The Labute approximate surface area is 93.9 Å². The number of carbonyl (C=O) groups is 2. The van der Waals surface area contributed by atoms with Crippen molar-refractivity contribution in [2.75, 3.05) is 0 Å². The molecule has 0 saturated heterocycles. The van der Waals surface area contributed by atoms with Gasteiger partial charge in [0.15, 0.2) is 0 Å². The van der Waals surface area contributed by atoms with Gasteiger partial charge in [0.05, 0.1) is 18.4 Å². The normalized spacial score (nSPS) is 11.1. The predicted octanol–water partition coefficient (Wildman–Crippen LogP) is 1.13. The summed E-state index contributed by atoms with van der Waals surface area (Å²) in [5.74, 6) is -1.23. The number of aliphatic carboxylic acids is 1. The number of nitrogens with one attached hydrogen (secondary N) is 2. The lowest BCUT2D eigenvalue weighted by molar-refractivity contribution is -0.144. The summed E-state index contributed by atoms with van der Waals surface area (Å²) in [6.45, 7) is 3.62. The maximum absolute atomic E-state index is 11.7. The van der Waals surface area contributed by atoms with Gasteiger partial charge in [-0.3, -0.25) is 9.59 Å². The number of carbonyl (C=O) groups excluding carboxylic acids is 1. The van der Waals surface area contributed by atoms with Crippen LogP contribution < -0.4 is 5.32 Å². The summed E-state index contributed by atoms with van der Waals surface area (Å²) in [4.78, 5) is 25.2. The van der Waals surface area contributed by atoms with E-state index >= 15 is 0 Å². The van der Waals surface area contributed by atoms with Gasteiger partial charge in [-0.25, -0.2) is 0 Å². The molecule has 1 amide bonds. The van der Waals surface area contributed by atoms with E-state index in [2.05, 4.69) is 10.3 Å². The van der Waals surface area contributed by atoms with Crippen LogP contribution in [0.3, 0.4) is 0 Å². The molecule has 0 unspecified atom stereocenters. The Hall–Kier alpha value is -1.78. The lowest BCUT2D eigenvalue weighted by Crippen LogP contribution is -2.38. The van der Waals surface area contributed by atoms with E-state index in [1.54, 1.807) is 20.0 Å². The zero-order valence-electron chi connectivity index (χ0n) is 9.41. The van der Waals surface area contributed by atoms with E-state index in [4.69, 9.17) is 5.11 Å². The minimum atomic E-state index is -0.972. The highest BCUT2D eigenvalue weighted by atomic mass is 16.4. The van der Waals surface area contributed by atoms with Crippen molar-refractivity contribution in [1.29, 1.82) is 0 Å². The number of H-pyrrole nitrogens is 1. The van der Waals surface area contributed by atoms with Crippen molar-refractivity contribution < 1.29 is 14.7 Å². The zero-order valence-corrected chi connectivity index (χ0v) is 9.41. The van der Waals surface area contributed by atoms with Crippen LogP contribution in [0.2, 0.25) is 0 Å². The molecule has 0 radical (unpaired) electrons. The summed E-state index contributed by atoms with van der Waals surface area (Å²) in [6, 6.07) is 3.69. The van der Waals surface area contributed by atoms with Crippen molar-refractivity contribution in [2.45, 2.75) is 26.8 Å². The first-order valence-corrected chi connectivity index (χ1v) is 5.04. The van der Waals surface area contributed by atoms with E-state index in [0.29, 0.717) is 6.54 Å². The molecule has 1 heterocycles. The van der Waals surface area contributed by atoms with Gasteiger partial charge in [0.2, 0.25) is 5.91 Å². The number of aromatic nitrogens is 1. The molecule has 0 atom stereocenters. The van der Waals surface area contributed by atoms with Gasteiger partial charge in [-0.15, -0.1) is 0 Å². The molecule has 3 N–H and O–H groups in total. The maximum Gasteiger partial charge on any atom is 0.304 e. The summed E-state index contributed by atoms with van der Waals surface area (Å²) in [5, 5.41) is 11.4. The molecular formula is C11H16N2O3. The number of carboxylic acids is 1. The fourth-order valence-electron chi connectivity index (χ4n) is 1.35. The Morgan fingerprint density at radius 1 is 1.50 bits per heavy atom. The second-order valence-corrected chi connectivity index (χ2v) is 4.33. The quantitative estimate of drug-likeness (QED) is 0.701. The molecule has 5 heteroatoms. The van der Waals surface area contributed by atoms with Crippen molar-refractivity contribution in [3.8, 4) is 0 Å². The van der Waals surface area contributed by atoms with Gasteiger partial charge >= 0.3 is 5.97 Å². The molecule has 1 aromatic rings. The van der Waals surface area contributed by atoms with Gasteiger partial charge in [0.25, 0.3) is 0 Å². The van der Waals surface area contributed by atoms with Crippen molar-refractivity contribution >= 4 is 11.9 Å². The zero-order chi connectivity index (χ0) is 12.2. The first-order chi connectivity index (χ1) is 7.42. The Bertz CT molecular complexity index is 369. The molecule has 0 fully saturated rings. The molecule has 16 heavy (non-hydrogen) atoms. The highest BCUT2D eigenvalue weighted by Gasteiger charge is 2.30. The van der Waals surface area contributed by atoms with Gasteiger partial charge < -0.3 is 15.4 Å². The average molecular weight is 224 g/mol. The average Bonchev–Trinajstić information content (AvgIpc) is 2.64. The van der Waals surface area contributed by atoms with Crippen LogP contribution in [0.5, 0.6) is 0 Å². The summed E-state index contributed by atoms with van der Waals surface area (Å²) in [6.07, 6.45) is 1.59. The van der Waals surface area contributed by atoms with E-state index in [-0.39, 0.29) is 12.3 Å². The molecule has 0 aliphatic heterocycles. The van der Waals surface area contributed by atoms with Crippen LogP contribution in [0.15, 0.2) is 18.3 Å². The molecule has 5 nitrogen and oxygen atoms in total. The number of hydrogen-bond acceptors (Lipinski definition) is 2. The van der Waals surface area contributed by atoms with Gasteiger partial charge in [0, 0.05) is 11.9 Å². The van der Waals surface area contributed by atoms with Gasteiger partial charge in [-0.2, -0.15) is 0 Å². The van der Waals surface area contributed by atoms with Crippen LogP contribution in [-0.4, -0.2) is 22.0 Å². The summed E-state index contributed by atoms with van der Waals surface area (Å²) in [5.41, 5.74) is -0.00205. The Morgan fingerprint density at radius 3 is 2.69 bits per heavy atom. The van der Waals surface area contributed by atoms with E-state index in [0.717, 1.165) is 5.69 Å². The first kappa shape index (κ1) is 12.3. The van der Waals surface area contributed by atoms with E-state index in [1.807, 2.05) is 12.1 Å². The molecule has 0 saturated carbocycles. The van der Waals surface area contributed by atoms with Crippen LogP contribution in [0.4, 0.5) is 0 Å². The lowest BCUT2D eigenvalue weighted by Gasteiger charge is -2.21. The second-order valence-electron chi connectivity index (χ2n) is 4.33. The van der Waals surface area contributed by atoms with Crippen LogP contribution in [0.25, 0.3) is 0 Å². The van der Waals surface area contributed by atoms with Crippen molar-refractivity contribution in [1.82, 2.24) is 10.3 Å². The van der Waals surface area contributed by atoms with Crippen LogP contribution >= 0.6 is 0 Å². The standard InChI is InChI=1S/C11H16N2O3/c1-11(2,6-9(14)15)10(16)13-7-8-4-3-5-12-8/h3-5,12H,6-7H2,1-2H3,(H,13,16)(H,14,15). The van der Waals surface area contributed by atoms with Crippen LogP contribution in [-0.2, 0) is 16.1 Å². The number of carboxylic acid groups (broad SMARTS) is 1. The predicted molar refractivity (Wildman–Crippen MR) is 58.7 cm³/mol. The molecular weight excluding hydrogens is 208 g/mol. The molecule has 88 valence electrons. The Morgan fingerprint density at radius 2 is 2.19 bits per heavy atom. The topological polar surface area (TPSA) is 82.2 Å². The lowest BCUT2D eigenvalue weighted by atomic mass is 9.88. The number of rotatable bonds is 5. The first-order valence-electron chi connectivity index (χ1n) is 5.04. The minimum Gasteiger partial charge on any atom is -0.481 e. The number of amides is 1. The summed E-state index contributed by atoms with van der Waals surface area (Å²) >= 11 is 0. The number of aromatic amines is 1. The molecule has 0 aliphatic rings. The van der Waals surface area contributed by atoms with Gasteiger partial charge in [0.1, 0.15) is 0 Å². The van der Waals surface area contributed by atoms with Crippen LogP contribution in [0.1, 0.15) is 26.0 Å². The number of hydrogen-bond donors (Lipinski definition) is 3. The maximum atomic E-state index is 11.7. The summed E-state index contributed by atoms with van der Waals surface area (Å²) in [7, 11) is 0. The fraction of sp³-hybridized carbons (Fsp3) is 0.455. The fourth-order valence-corrected chi connectivity index (χ4v) is 1.35. The molecule has 0 bridgehead atoms. The Balaban J connectivity index is 2.48. The molecule has 0 spiro atoms. The van der Waals surface area contributed by atoms with Gasteiger partial charge in [-0.1, -0.05) is 13.8 Å². The van der Waals surface area contributed by atoms with Crippen molar-refractivity contribution in [2.24, 2.45) is 5.41 Å².